The summed E-state index contributed by atoms with van der Waals surface area (Å²) in [4.78, 5) is 13.9. The molecular weight excluding hydrogens is 290 g/mol. The highest BCUT2D eigenvalue weighted by Crippen LogP contribution is 2.18. The predicted molar refractivity (Wildman–Crippen MR) is 73.7 cm³/mol. The molecule has 0 aromatic heterocycles. The van der Waals surface area contributed by atoms with Crippen molar-refractivity contribution >= 4 is 18.3 Å². The molecule has 1 unspecified atom stereocenters. The zero-order chi connectivity index (χ0) is 13.8. The van der Waals surface area contributed by atoms with Gasteiger partial charge in [-0.2, -0.15) is 8.78 Å². The average Bonchev–Trinajstić information content (AvgIpc) is 2.87. The van der Waals surface area contributed by atoms with E-state index in [4.69, 9.17) is 0 Å². The fraction of sp³-hybridized carbons (Fsp3) is 0.462. The van der Waals surface area contributed by atoms with Crippen molar-refractivity contribution < 1.29 is 18.3 Å². The lowest BCUT2D eigenvalue weighted by Gasteiger charge is -2.16. The summed E-state index contributed by atoms with van der Waals surface area (Å²) in [6.45, 7) is -1.47. The van der Waals surface area contributed by atoms with E-state index in [1.165, 1.54) is 24.3 Å². The Labute approximate surface area is 122 Å². The number of carbonyl (C=O) groups excluding carboxylic acids is 1. The van der Waals surface area contributed by atoms with E-state index in [0.29, 0.717) is 24.7 Å². The van der Waals surface area contributed by atoms with Crippen molar-refractivity contribution in [2.24, 2.45) is 0 Å². The Bertz CT molecular complexity index is 443. The number of benzene rings is 1. The molecule has 1 fully saturated rings. The lowest BCUT2D eigenvalue weighted by Crippen LogP contribution is -2.33. The van der Waals surface area contributed by atoms with Crippen LogP contribution in [0.2, 0.25) is 0 Å². The molecule has 0 spiro atoms. The van der Waals surface area contributed by atoms with Crippen LogP contribution in [-0.4, -0.2) is 43.6 Å². The molecule has 1 aliphatic heterocycles. The van der Waals surface area contributed by atoms with E-state index < -0.39 is 6.61 Å². The number of alkyl halides is 2. The first kappa shape index (κ1) is 16.7. The van der Waals surface area contributed by atoms with Gasteiger partial charge in [0.05, 0.1) is 0 Å². The van der Waals surface area contributed by atoms with E-state index in [0.717, 1.165) is 6.42 Å². The Morgan fingerprint density at radius 2 is 2.05 bits per heavy atom. The number of halogens is 3. The molecule has 0 radical (unpaired) electrons. The minimum absolute atomic E-state index is 0. The van der Waals surface area contributed by atoms with Gasteiger partial charge in [0.1, 0.15) is 5.75 Å². The Morgan fingerprint density at radius 1 is 1.40 bits per heavy atom. The molecule has 20 heavy (non-hydrogen) atoms. The molecule has 7 heteroatoms. The zero-order valence-corrected chi connectivity index (χ0v) is 11.8. The van der Waals surface area contributed by atoms with Crippen LogP contribution in [0.1, 0.15) is 16.8 Å². The number of hydrogen-bond donors (Lipinski definition) is 1. The van der Waals surface area contributed by atoms with Crippen LogP contribution in [-0.2, 0) is 0 Å². The third-order valence-electron chi connectivity index (χ3n) is 3.21. The van der Waals surface area contributed by atoms with Crippen molar-refractivity contribution in [3.05, 3.63) is 29.8 Å². The van der Waals surface area contributed by atoms with Gasteiger partial charge in [-0.15, -0.1) is 12.4 Å². The molecular formula is C13H17ClF2N2O2. The van der Waals surface area contributed by atoms with E-state index in [1.807, 2.05) is 7.05 Å². The van der Waals surface area contributed by atoms with Crippen molar-refractivity contribution in [3.8, 4) is 5.75 Å². The Balaban J connectivity index is 0.00000200. The molecule has 0 bridgehead atoms. The number of nitrogens with zero attached hydrogens (tertiary/aromatic N) is 1. The third kappa shape index (κ3) is 4.05. The predicted octanol–water partition coefficient (Wildman–Crippen LogP) is 2.14. The van der Waals surface area contributed by atoms with Crippen LogP contribution < -0.4 is 10.1 Å². The van der Waals surface area contributed by atoms with Gasteiger partial charge in [0.15, 0.2) is 0 Å². The number of rotatable bonds is 4. The van der Waals surface area contributed by atoms with Gasteiger partial charge in [-0.1, -0.05) is 0 Å². The Morgan fingerprint density at radius 3 is 2.55 bits per heavy atom. The molecule has 2 rings (SSSR count). The normalized spacial score (nSPS) is 18.0. The van der Waals surface area contributed by atoms with E-state index in [-0.39, 0.29) is 24.1 Å². The molecule has 1 aliphatic rings. The topological polar surface area (TPSA) is 41.6 Å². The molecule has 112 valence electrons. The molecule has 4 nitrogen and oxygen atoms in total. The van der Waals surface area contributed by atoms with Crippen LogP contribution in [0.25, 0.3) is 0 Å². The van der Waals surface area contributed by atoms with Gasteiger partial charge < -0.3 is 15.0 Å². The first-order chi connectivity index (χ1) is 9.10. The van der Waals surface area contributed by atoms with Crippen LogP contribution in [0.5, 0.6) is 5.75 Å². The maximum atomic E-state index is 12.2. The van der Waals surface area contributed by atoms with Gasteiger partial charge in [0, 0.05) is 24.7 Å². The maximum Gasteiger partial charge on any atom is 0.387 e. The van der Waals surface area contributed by atoms with Crippen LogP contribution in [0.15, 0.2) is 24.3 Å². The lowest BCUT2D eigenvalue weighted by molar-refractivity contribution is -0.0498. The summed E-state index contributed by atoms with van der Waals surface area (Å²) in [7, 11) is 1.87. The van der Waals surface area contributed by atoms with Gasteiger partial charge in [-0.05, 0) is 37.7 Å². The first-order valence-corrected chi connectivity index (χ1v) is 6.11. The van der Waals surface area contributed by atoms with Crippen LogP contribution >= 0.6 is 12.4 Å². The van der Waals surface area contributed by atoms with Crippen molar-refractivity contribution in [1.82, 2.24) is 10.2 Å². The van der Waals surface area contributed by atoms with E-state index in [2.05, 4.69) is 10.1 Å². The first-order valence-electron chi connectivity index (χ1n) is 6.11. The highest BCUT2D eigenvalue weighted by Gasteiger charge is 2.25. The summed E-state index contributed by atoms with van der Waals surface area (Å²) in [5.41, 5.74) is 0.485. The molecule has 1 N–H and O–H groups in total. The van der Waals surface area contributed by atoms with Crippen molar-refractivity contribution in [2.45, 2.75) is 19.1 Å². The monoisotopic (exact) mass is 306 g/mol. The highest BCUT2D eigenvalue weighted by molar-refractivity contribution is 5.94. The standard InChI is InChI=1S/C13H16F2N2O2.ClH/c1-16-10-6-7-17(8-10)12(18)9-2-4-11(5-3-9)19-13(14)15;/h2-5,10,13,16H,6-8H2,1H3;1H. The number of likely N-dealkylation sites (tertiary alicyclic amines) is 1. The van der Waals surface area contributed by atoms with E-state index >= 15 is 0 Å². The molecule has 0 aliphatic carbocycles. The Hall–Kier alpha value is -1.40. The number of hydrogen-bond acceptors (Lipinski definition) is 3. The van der Waals surface area contributed by atoms with Gasteiger partial charge >= 0.3 is 6.61 Å². The fourth-order valence-corrected chi connectivity index (χ4v) is 2.14. The van der Waals surface area contributed by atoms with Crippen molar-refractivity contribution in [2.75, 3.05) is 20.1 Å². The molecule has 1 amide bonds. The summed E-state index contributed by atoms with van der Waals surface area (Å²) in [6, 6.07) is 6.10. The summed E-state index contributed by atoms with van der Waals surface area (Å²) in [5.74, 6) is -0.0255. The van der Waals surface area contributed by atoms with Gasteiger partial charge in [0.25, 0.3) is 5.91 Å². The zero-order valence-electron chi connectivity index (χ0n) is 11.0. The van der Waals surface area contributed by atoms with E-state index in [1.54, 1.807) is 4.90 Å². The summed E-state index contributed by atoms with van der Waals surface area (Å²) in [5, 5.41) is 3.13. The Kier molecular flexibility index (Phi) is 6.16. The molecule has 1 saturated heterocycles. The minimum Gasteiger partial charge on any atom is -0.435 e. The quantitative estimate of drug-likeness (QED) is 0.927. The number of nitrogens with one attached hydrogen (secondary N) is 1. The van der Waals surface area contributed by atoms with Crippen LogP contribution in [0.3, 0.4) is 0 Å². The molecule has 1 heterocycles. The van der Waals surface area contributed by atoms with E-state index in [9.17, 15) is 13.6 Å². The summed E-state index contributed by atoms with van der Waals surface area (Å²) in [6.07, 6.45) is 0.925. The molecule has 1 atom stereocenters. The van der Waals surface area contributed by atoms with Crippen molar-refractivity contribution in [1.29, 1.82) is 0 Å². The summed E-state index contributed by atoms with van der Waals surface area (Å²) < 4.78 is 28.2. The molecule has 1 aromatic rings. The average molecular weight is 307 g/mol. The van der Waals surface area contributed by atoms with Gasteiger partial charge in [-0.25, -0.2) is 0 Å². The van der Waals surface area contributed by atoms with Gasteiger partial charge in [0.2, 0.25) is 0 Å². The highest BCUT2D eigenvalue weighted by atomic mass is 35.5. The molecule has 1 aromatic carbocycles. The lowest BCUT2D eigenvalue weighted by atomic mass is 10.2. The summed E-state index contributed by atoms with van der Waals surface area (Å²) >= 11 is 0. The maximum absolute atomic E-state index is 12.2. The SMILES string of the molecule is CNC1CCN(C(=O)c2ccc(OC(F)F)cc2)C1.Cl. The fourth-order valence-electron chi connectivity index (χ4n) is 2.14. The second-order valence-corrected chi connectivity index (χ2v) is 4.43. The number of amides is 1. The minimum atomic E-state index is -2.85. The smallest absolute Gasteiger partial charge is 0.387 e. The molecule has 0 saturated carbocycles. The largest absolute Gasteiger partial charge is 0.435 e. The second-order valence-electron chi connectivity index (χ2n) is 4.43. The number of likely N-dealkylation sites (N-methyl/N-ethyl adjacent to an activating group) is 1. The second kappa shape index (κ2) is 7.40. The van der Waals surface area contributed by atoms with Crippen LogP contribution in [0.4, 0.5) is 8.78 Å². The number of carbonyl (C=O) groups is 1. The van der Waals surface area contributed by atoms with Crippen molar-refractivity contribution in [3.63, 3.8) is 0 Å². The van der Waals surface area contributed by atoms with Crippen LogP contribution in [0, 0.1) is 0 Å². The third-order valence-corrected chi connectivity index (χ3v) is 3.21. The number of ether oxygens (including phenoxy) is 1. The van der Waals surface area contributed by atoms with Gasteiger partial charge in [-0.3, -0.25) is 4.79 Å².